The van der Waals surface area contributed by atoms with E-state index in [2.05, 4.69) is 36.2 Å². The molecular formula is C23H31ClFN7O3. The molecule has 2 fully saturated rings. The van der Waals surface area contributed by atoms with E-state index in [1.54, 1.807) is 6.07 Å². The SMILES string of the molecule is CC(C)(O)[C@H](F)CNC(=O)c1cnc(Nc2nc(OC3CCNCC3)ncc2Cl)cc1NC1CC1. The van der Waals surface area contributed by atoms with Gasteiger partial charge < -0.3 is 31.1 Å². The Balaban J connectivity index is 1.48. The van der Waals surface area contributed by atoms with Crippen LogP contribution in [0.3, 0.4) is 0 Å². The third-order valence-electron chi connectivity index (χ3n) is 5.82. The maximum atomic E-state index is 14.1. The minimum absolute atomic E-state index is 0.0378. The molecule has 1 saturated carbocycles. The van der Waals surface area contributed by atoms with E-state index in [9.17, 15) is 14.3 Å². The van der Waals surface area contributed by atoms with E-state index in [-0.39, 0.29) is 30.3 Å². The van der Waals surface area contributed by atoms with E-state index in [1.807, 2.05) is 0 Å². The molecule has 0 spiro atoms. The van der Waals surface area contributed by atoms with Gasteiger partial charge in [0.25, 0.3) is 5.91 Å². The Labute approximate surface area is 208 Å². The first-order valence-corrected chi connectivity index (χ1v) is 12.1. The summed E-state index contributed by atoms with van der Waals surface area (Å²) < 4.78 is 20.0. The van der Waals surface area contributed by atoms with Crippen LogP contribution in [0.2, 0.25) is 5.02 Å². The number of hydrogen-bond acceptors (Lipinski definition) is 9. The second-order valence-corrected chi connectivity index (χ2v) is 9.81. The van der Waals surface area contributed by atoms with Crippen molar-refractivity contribution >= 4 is 34.8 Å². The molecule has 3 heterocycles. The lowest BCUT2D eigenvalue weighted by atomic mass is 10.0. The van der Waals surface area contributed by atoms with Crippen molar-refractivity contribution in [3.05, 3.63) is 29.0 Å². The van der Waals surface area contributed by atoms with Crippen molar-refractivity contribution in [2.24, 2.45) is 0 Å². The largest absolute Gasteiger partial charge is 0.460 e. The Kier molecular flexibility index (Phi) is 7.88. The van der Waals surface area contributed by atoms with Crippen molar-refractivity contribution in [3.63, 3.8) is 0 Å². The number of aliphatic hydroxyl groups is 1. The second kappa shape index (κ2) is 10.9. The Morgan fingerprint density at radius 3 is 2.71 bits per heavy atom. The van der Waals surface area contributed by atoms with Gasteiger partial charge in [-0.15, -0.1) is 0 Å². The molecule has 12 heteroatoms. The quantitative estimate of drug-likeness (QED) is 0.329. The molecule has 0 aromatic carbocycles. The van der Waals surface area contributed by atoms with Crippen molar-refractivity contribution in [3.8, 4) is 6.01 Å². The molecule has 0 radical (unpaired) electrons. The van der Waals surface area contributed by atoms with Gasteiger partial charge in [-0.25, -0.2) is 14.4 Å². The molecule has 4 rings (SSSR count). The monoisotopic (exact) mass is 507 g/mol. The average Bonchev–Trinajstić information content (AvgIpc) is 3.64. The number of hydrogen-bond donors (Lipinski definition) is 5. The Morgan fingerprint density at radius 1 is 1.29 bits per heavy atom. The summed E-state index contributed by atoms with van der Waals surface area (Å²) in [6.07, 6.45) is 5.02. The van der Waals surface area contributed by atoms with Crippen molar-refractivity contribution in [1.82, 2.24) is 25.6 Å². The van der Waals surface area contributed by atoms with Crippen LogP contribution in [0.25, 0.3) is 0 Å². The summed E-state index contributed by atoms with van der Waals surface area (Å²) >= 11 is 6.30. The first kappa shape index (κ1) is 25.3. The lowest BCUT2D eigenvalue weighted by Crippen LogP contribution is -2.42. The number of alkyl halides is 1. The summed E-state index contributed by atoms with van der Waals surface area (Å²) in [5.74, 6) is 0.257. The molecular weight excluding hydrogens is 477 g/mol. The number of carbonyl (C=O) groups is 1. The molecule has 2 aromatic heterocycles. The smallest absolute Gasteiger partial charge is 0.318 e. The van der Waals surface area contributed by atoms with Crippen LogP contribution >= 0.6 is 11.6 Å². The number of pyridine rings is 1. The highest BCUT2D eigenvalue weighted by molar-refractivity contribution is 6.32. The summed E-state index contributed by atoms with van der Waals surface area (Å²) in [5, 5.41) is 22.3. The first-order chi connectivity index (χ1) is 16.7. The van der Waals surface area contributed by atoms with Gasteiger partial charge in [-0.05, 0) is 52.6 Å². The minimum atomic E-state index is -1.61. The van der Waals surface area contributed by atoms with Gasteiger partial charge in [0.1, 0.15) is 23.1 Å². The van der Waals surface area contributed by atoms with Crippen LogP contribution in [0, 0.1) is 0 Å². The molecule has 1 aliphatic carbocycles. The predicted octanol–water partition coefficient (Wildman–Crippen LogP) is 2.81. The van der Waals surface area contributed by atoms with Gasteiger partial charge in [-0.2, -0.15) is 4.98 Å². The van der Waals surface area contributed by atoms with Crippen LogP contribution in [-0.4, -0.2) is 69.5 Å². The van der Waals surface area contributed by atoms with Crippen LogP contribution in [-0.2, 0) is 0 Å². The number of ether oxygens (including phenoxy) is 1. The van der Waals surface area contributed by atoms with Gasteiger partial charge in [-0.1, -0.05) is 11.6 Å². The highest BCUT2D eigenvalue weighted by Crippen LogP contribution is 2.30. The molecule has 1 saturated heterocycles. The Morgan fingerprint density at radius 2 is 2.03 bits per heavy atom. The molecule has 190 valence electrons. The van der Waals surface area contributed by atoms with Crippen LogP contribution < -0.4 is 26.0 Å². The van der Waals surface area contributed by atoms with Gasteiger partial charge in [0, 0.05) is 18.3 Å². The van der Waals surface area contributed by atoms with Crippen LogP contribution in [0.4, 0.5) is 21.7 Å². The molecule has 2 aromatic rings. The molecule has 1 atom stereocenters. The van der Waals surface area contributed by atoms with Crippen LogP contribution in [0.1, 0.15) is 49.9 Å². The first-order valence-electron chi connectivity index (χ1n) is 11.8. The van der Waals surface area contributed by atoms with Crippen molar-refractivity contribution in [2.45, 2.75) is 63.4 Å². The van der Waals surface area contributed by atoms with Crippen molar-refractivity contribution < 1.29 is 19.0 Å². The summed E-state index contributed by atoms with van der Waals surface area (Å²) in [4.78, 5) is 25.6. The number of piperidine rings is 1. The fourth-order valence-corrected chi connectivity index (χ4v) is 3.62. The normalized spacial score (nSPS) is 17.5. The fourth-order valence-electron chi connectivity index (χ4n) is 3.48. The molecule has 5 N–H and O–H groups in total. The molecule has 35 heavy (non-hydrogen) atoms. The van der Waals surface area contributed by atoms with E-state index in [1.165, 1.54) is 26.2 Å². The maximum absolute atomic E-state index is 14.1. The fraction of sp³-hybridized carbons (Fsp3) is 0.565. The van der Waals surface area contributed by atoms with E-state index in [0.29, 0.717) is 22.3 Å². The zero-order chi connectivity index (χ0) is 25.0. The maximum Gasteiger partial charge on any atom is 0.318 e. The number of rotatable bonds is 10. The standard InChI is InChI=1S/C23H31ClFN7O3/c1-23(2,34)18(25)12-28-21(33)15-10-27-19(9-17(15)30-13-3-4-13)31-20-16(24)11-29-22(32-20)35-14-5-7-26-8-6-14/h9-11,13-14,18,26,34H,3-8,12H2,1-2H3,(H,28,33)(H2,27,29,30,31,32)/t18-/m1/s1. The summed E-state index contributed by atoms with van der Waals surface area (Å²) in [5.41, 5.74) is -0.728. The summed E-state index contributed by atoms with van der Waals surface area (Å²) in [7, 11) is 0. The highest BCUT2D eigenvalue weighted by atomic mass is 35.5. The van der Waals surface area contributed by atoms with Crippen molar-refractivity contribution in [2.75, 3.05) is 30.3 Å². The van der Waals surface area contributed by atoms with E-state index >= 15 is 0 Å². The zero-order valence-corrected chi connectivity index (χ0v) is 20.5. The second-order valence-electron chi connectivity index (χ2n) is 9.41. The number of amides is 1. The number of nitrogens with zero attached hydrogens (tertiary/aromatic N) is 3. The minimum Gasteiger partial charge on any atom is -0.460 e. The number of aromatic nitrogens is 3. The predicted molar refractivity (Wildman–Crippen MR) is 131 cm³/mol. The van der Waals surface area contributed by atoms with Gasteiger partial charge in [-0.3, -0.25) is 4.79 Å². The van der Waals surface area contributed by atoms with Gasteiger partial charge in [0.2, 0.25) is 0 Å². The third kappa shape index (κ3) is 7.12. The summed E-state index contributed by atoms with van der Waals surface area (Å²) in [6.45, 7) is 4.16. The molecule has 1 aliphatic heterocycles. The molecule has 0 unspecified atom stereocenters. The number of halogens is 2. The van der Waals surface area contributed by atoms with Crippen LogP contribution in [0.15, 0.2) is 18.5 Å². The lowest BCUT2D eigenvalue weighted by molar-refractivity contribution is -0.00177. The topological polar surface area (TPSA) is 133 Å². The van der Waals surface area contributed by atoms with E-state index in [0.717, 1.165) is 38.8 Å². The molecule has 2 aliphatic rings. The molecule has 1 amide bonds. The number of nitrogens with one attached hydrogen (secondary N) is 4. The van der Waals surface area contributed by atoms with Gasteiger partial charge in [0.15, 0.2) is 5.82 Å². The number of carbonyl (C=O) groups excluding carboxylic acids is 1. The molecule has 0 bridgehead atoms. The Bertz CT molecular complexity index is 1040. The van der Waals surface area contributed by atoms with Crippen LogP contribution in [0.5, 0.6) is 6.01 Å². The summed E-state index contributed by atoms with van der Waals surface area (Å²) in [6, 6.07) is 2.17. The zero-order valence-electron chi connectivity index (χ0n) is 19.8. The van der Waals surface area contributed by atoms with Gasteiger partial charge in [0.05, 0.1) is 29.6 Å². The van der Waals surface area contributed by atoms with E-state index in [4.69, 9.17) is 16.3 Å². The molecule has 10 nitrogen and oxygen atoms in total. The lowest BCUT2D eigenvalue weighted by Gasteiger charge is -2.23. The number of anilines is 3. The average molecular weight is 508 g/mol. The van der Waals surface area contributed by atoms with E-state index < -0.39 is 17.7 Å². The highest BCUT2D eigenvalue weighted by Gasteiger charge is 2.28. The van der Waals surface area contributed by atoms with Crippen molar-refractivity contribution in [1.29, 1.82) is 0 Å². The Hall–Kier alpha value is -2.76. The third-order valence-corrected chi connectivity index (χ3v) is 6.10. The van der Waals surface area contributed by atoms with Gasteiger partial charge >= 0.3 is 6.01 Å².